The molecule has 1 saturated carbocycles. The topological polar surface area (TPSA) is 50.9 Å². The number of nitrogens with two attached hydrogens (primary N) is 1. The summed E-state index contributed by atoms with van der Waals surface area (Å²) in [6, 6.07) is 4.24. The summed E-state index contributed by atoms with van der Waals surface area (Å²) in [5.41, 5.74) is 6.95. The van der Waals surface area contributed by atoms with Crippen LogP contribution in [0, 0.1) is 5.41 Å². The van der Waals surface area contributed by atoms with Crippen LogP contribution in [0.5, 0.6) is 0 Å². The molecule has 1 aliphatic carbocycles. The Morgan fingerprint density at radius 2 is 2.33 bits per heavy atom. The number of nitrogens with zero attached hydrogens (tertiary/aromatic N) is 1. The van der Waals surface area contributed by atoms with Gasteiger partial charge in [-0.1, -0.05) is 20.3 Å². The molecule has 1 heterocycles. The Bertz CT molecular complexity index is 346. The van der Waals surface area contributed by atoms with Crippen LogP contribution in [0.3, 0.4) is 0 Å². The minimum absolute atomic E-state index is 0.351. The van der Waals surface area contributed by atoms with Crippen LogP contribution < -0.4 is 11.1 Å². The monoisotopic (exact) mass is 205 g/mol. The van der Waals surface area contributed by atoms with Gasteiger partial charge in [0.1, 0.15) is 5.82 Å². The number of nitrogen functional groups attached to an aromatic ring is 1. The minimum atomic E-state index is 0.351. The normalized spacial score (nSPS) is 24.0. The summed E-state index contributed by atoms with van der Waals surface area (Å²) in [6.07, 6.45) is 5.55. The summed E-state index contributed by atoms with van der Waals surface area (Å²) in [6.45, 7) is 4.60. The van der Waals surface area contributed by atoms with E-state index < -0.39 is 0 Å². The minimum Gasteiger partial charge on any atom is -0.396 e. The smallest absolute Gasteiger partial charge is 0.149 e. The highest BCUT2D eigenvalue weighted by Crippen LogP contribution is 2.39. The lowest BCUT2D eigenvalue weighted by atomic mass is 9.87. The van der Waals surface area contributed by atoms with Crippen LogP contribution in [0.4, 0.5) is 11.5 Å². The van der Waals surface area contributed by atoms with Gasteiger partial charge in [0.05, 0.1) is 5.69 Å². The van der Waals surface area contributed by atoms with Crippen molar-refractivity contribution in [1.82, 2.24) is 4.98 Å². The first kappa shape index (κ1) is 10.3. The Balaban J connectivity index is 2.12. The van der Waals surface area contributed by atoms with Crippen LogP contribution in [0.1, 0.15) is 33.1 Å². The highest BCUT2D eigenvalue weighted by atomic mass is 15.0. The molecule has 0 aliphatic heterocycles. The molecule has 82 valence electrons. The Morgan fingerprint density at radius 1 is 1.53 bits per heavy atom. The van der Waals surface area contributed by atoms with Crippen molar-refractivity contribution in [2.75, 3.05) is 11.1 Å². The molecule has 3 N–H and O–H groups in total. The van der Waals surface area contributed by atoms with Crippen molar-refractivity contribution in [3.05, 3.63) is 18.3 Å². The number of pyridine rings is 1. The van der Waals surface area contributed by atoms with Gasteiger partial charge in [-0.25, -0.2) is 4.98 Å². The molecule has 0 amide bonds. The van der Waals surface area contributed by atoms with Gasteiger partial charge in [0.2, 0.25) is 0 Å². The highest BCUT2D eigenvalue weighted by Gasteiger charge is 2.34. The first-order chi connectivity index (χ1) is 7.09. The van der Waals surface area contributed by atoms with Crippen LogP contribution in [0.25, 0.3) is 0 Å². The Hall–Kier alpha value is -1.25. The van der Waals surface area contributed by atoms with E-state index in [0.29, 0.717) is 11.5 Å². The van der Waals surface area contributed by atoms with Gasteiger partial charge in [-0.2, -0.15) is 0 Å². The van der Waals surface area contributed by atoms with E-state index in [2.05, 4.69) is 24.1 Å². The van der Waals surface area contributed by atoms with E-state index in [0.717, 1.165) is 11.5 Å². The molecule has 0 aromatic carbocycles. The molecule has 15 heavy (non-hydrogen) atoms. The molecular weight excluding hydrogens is 186 g/mol. The summed E-state index contributed by atoms with van der Waals surface area (Å²) in [5.74, 6) is 0.831. The zero-order chi connectivity index (χ0) is 10.9. The highest BCUT2D eigenvalue weighted by molar-refractivity contribution is 5.60. The number of rotatable bonds is 2. The van der Waals surface area contributed by atoms with Crippen LogP contribution in [-0.2, 0) is 0 Å². The molecule has 0 saturated heterocycles. The number of nitrogens with one attached hydrogen (secondary N) is 1. The van der Waals surface area contributed by atoms with Crippen molar-refractivity contribution < 1.29 is 0 Å². The lowest BCUT2D eigenvalue weighted by Crippen LogP contribution is -2.31. The lowest BCUT2D eigenvalue weighted by molar-refractivity contribution is 0.349. The third kappa shape index (κ3) is 2.06. The molecule has 3 heteroatoms. The van der Waals surface area contributed by atoms with E-state index in [1.807, 2.05) is 12.1 Å². The van der Waals surface area contributed by atoms with Crippen molar-refractivity contribution in [3.8, 4) is 0 Å². The fourth-order valence-corrected chi connectivity index (χ4v) is 2.30. The number of anilines is 2. The fraction of sp³-hybridized carbons (Fsp3) is 0.583. The van der Waals surface area contributed by atoms with Gasteiger partial charge in [-0.05, 0) is 30.4 Å². The van der Waals surface area contributed by atoms with E-state index in [-0.39, 0.29) is 0 Å². The first-order valence-corrected chi connectivity index (χ1v) is 5.56. The second-order valence-electron chi connectivity index (χ2n) is 5.02. The Labute approximate surface area is 91.1 Å². The Morgan fingerprint density at radius 3 is 2.93 bits per heavy atom. The van der Waals surface area contributed by atoms with Crippen molar-refractivity contribution in [2.24, 2.45) is 5.41 Å². The molecule has 2 rings (SSSR count). The average molecular weight is 205 g/mol. The second-order valence-corrected chi connectivity index (χ2v) is 5.02. The van der Waals surface area contributed by atoms with E-state index in [1.165, 1.54) is 19.3 Å². The largest absolute Gasteiger partial charge is 0.396 e. The van der Waals surface area contributed by atoms with Gasteiger partial charge in [-0.3, -0.25) is 0 Å². The predicted octanol–water partition coefficient (Wildman–Crippen LogP) is 2.65. The lowest BCUT2D eigenvalue weighted by Gasteiger charge is -2.28. The molecule has 0 bridgehead atoms. The van der Waals surface area contributed by atoms with E-state index >= 15 is 0 Å². The third-order valence-electron chi connectivity index (χ3n) is 3.41. The predicted molar refractivity (Wildman–Crippen MR) is 63.7 cm³/mol. The zero-order valence-corrected chi connectivity index (χ0v) is 9.46. The average Bonchev–Trinajstić information content (AvgIpc) is 2.50. The summed E-state index contributed by atoms with van der Waals surface area (Å²) in [4.78, 5) is 4.27. The molecule has 1 atom stereocenters. The maximum Gasteiger partial charge on any atom is 0.149 e. The molecule has 1 fully saturated rings. The van der Waals surface area contributed by atoms with Crippen LogP contribution in [0.2, 0.25) is 0 Å². The standard InChI is InChI=1S/C12H19N3/c1-12(2)7-3-6-10(12)15-11-9(13)5-4-8-14-11/h4-5,8,10H,3,6-7,13H2,1-2H3,(H,14,15). The molecule has 1 aliphatic rings. The van der Waals surface area contributed by atoms with Crippen LogP contribution in [-0.4, -0.2) is 11.0 Å². The summed E-state index contributed by atoms with van der Waals surface area (Å²) in [5, 5.41) is 3.46. The zero-order valence-electron chi connectivity index (χ0n) is 9.46. The van der Waals surface area contributed by atoms with Crippen molar-refractivity contribution >= 4 is 11.5 Å². The molecule has 1 unspecified atom stereocenters. The van der Waals surface area contributed by atoms with Gasteiger partial charge in [0, 0.05) is 12.2 Å². The maximum absolute atomic E-state index is 5.86. The molecular formula is C12H19N3. The fourth-order valence-electron chi connectivity index (χ4n) is 2.30. The van der Waals surface area contributed by atoms with Gasteiger partial charge in [-0.15, -0.1) is 0 Å². The summed E-state index contributed by atoms with van der Waals surface area (Å²) in [7, 11) is 0. The number of aromatic nitrogens is 1. The van der Waals surface area contributed by atoms with E-state index in [4.69, 9.17) is 5.73 Å². The van der Waals surface area contributed by atoms with Gasteiger partial charge < -0.3 is 11.1 Å². The van der Waals surface area contributed by atoms with Crippen LogP contribution in [0.15, 0.2) is 18.3 Å². The molecule has 0 radical (unpaired) electrons. The molecule has 0 spiro atoms. The number of hydrogen-bond acceptors (Lipinski definition) is 3. The summed E-state index contributed by atoms with van der Waals surface area (Å²) < 4.78 is 0. The third-order valence-corrected chi connectivity index (χ3v) is 3.41. The van der Waals surface area contributed by atoms with Crippen molar-refractivity contribution in [2.45, 2.75) is 39.2 Å². The molecule has 3 nitrogen and oxygen atoms in total. The second kappa shape index (κ2) is 3.72. The number of hydrogen-bond donors (Lipinski definition) is 2. The molecule has 1 aromatic rings. The first-order valence-electron chi connectivity index (χ1n) is 5.56. The maximum atomic E-state index is 5.86. The van der Waals surface area contributed by atoms with Gasteiger partial charge in [0.25, 0.3) is 0 Å². The van der Waals surface area contributed by atoms with Crippen molar-refractivity contribution in [3.63, 3.8) is 0 Å². The quantitative estimate of drug-likeness (QED) is 0.780. The van der Waals surface area contributed by atoms with Crippen LogP contribution >= 0.6 is 0 Å². The van der Waals surface area contributed by atoms with Gasteiger partial charge >= 0.3 is 0 Å². The summed E-state index contributed by atoms with van der Waals surface area (Å²) >= 11 is 0. The Kier molecular flexibility index (Phi) is 2.55. The van der Waals surface area contributed by atoms with E-state index in [1.54, 1.807) is 6.20 Å². The molecule has 1 aromatic heterocycles. The van der Waals surface area contributed by atoms with Crippen molar-refractivity contribution in [1.29, 1.82) is 0 Å². The van der Waals surface area contributed by atoms with E-state index in [9.17, 15) is 0 Å². The van der Waals surface area contributed by atoms with Gasteiger partial charge in [0.15, 0.2) is 0 Å². The SMILES string of the molecule is CC1(C)CCCC1Nc1ncccc1N.